The maximum atomic E-state index is 12.9. The number of thioether (sulfide) groups is 1. The highest BCUT2D eigenvalue weighted by Gasteiger charge is 2.25. The predicted octanol–water partition coefficient (Wildman–Crippen LogP) is 3.23. The van der Waals surface area contributed by atoms with Crippen molar-refractivity contribution in [2.24, 2.45) is 0 Å². The minimum absolute atomic E-state index is 0.292. The summed E-state index contributed by atoms with van der Waals surface area (Å²) in [6.07, 6.45) is 6.27. The van der Waals surface area contributed by atoms with Gasteiger partial charge in [0.25, 0.3) is 0 Å². The van der Waals surface area contributed by atoms with Gasteiger partial charge in [0.2, 0.25) is 0 Å². The van der Waals surface area contributed by atoms with Crippen molar-refractivity contribution in [2.45, 2.75) is 29.5 Å². The molecule has 0 radical (unpaired) electrons. The van der Waals surface area contributed by atoms with E-state index in [0.717, 1.165) is 10.6 Å². The van der Waals surface area contributed by atoms with E-state index in [4.69, 9.17) is 5.73 Å². The highest BCUT2D eigenvalue weighted by atomic mass is 32.2. The summed E-state index contributed by atoms with van der Waals surface area (Å²) in [6.45, 7) is 0. The molecule has 5 heteroatoms. The van der Waals surface area contributed by atoms with Crippen LogP contribution >= 0.6 is 11.8 Å². The lowest BCUT2D eigenvalue weighted by Crippen LogP contribution is -1.97. The first-order chi connectivity index (χ1) is 8.74. The average Bonchev–Trinajstić information content (AvgIpc) is 3.08. The monoisotopic (exact) mass is 263 g/mol. The van der Waals surface area contributed by atoms with Gasteiger partial charge in [-0.05, 0) is 31.0 Å². The smallest absolute Gasteiger partial charge is 0.125 e. The third-order valence-corrected chi connectivity index (χ3v) is 4.16. The van der Waals surface area contributed by atoms with Gasteiger partial charge in [0.05, 0.1) is 6.33 Å². The minimum atomic E-state index is -0.292. The number of hydrogen-bond donors (Lipinski definition) is 1. The fraction of sp³-hybridized carbons (Fsp3) is 0.308. The first-order valence-corrected chi connectivity index (χ1v) is 6.91. The SMILES string of the molecule is Nc1cc(F)ccc1SCc1cncn1C1CC1. The Hall–Kier alpha value is -1.49. The molecule has 0 amide bonds. The Morgan fingerprint density at radius 2 is 2.28 bits per heavy atom. The Labute approximate surface area is 109 Å². The summed E-state index contributed by atoms with van der Waals surface area (Å²) in [6, 6.07) is 5.17. The molecule has 0 atom stereocenters. The van der Waals surface area contributed by atoms with Crippen LogP contribution in [0.2, 0.25) is 0 Å². The number of nitrogens with zero attached hydrogens (tertiary/aromatic N) is 2. The summed E-state index contributed by atoms with van der Waals surface area (Å²) < 4.78 is 15.2. The second-order valence-corrected chi connectivity index (χ2v) is 5.51. The quantitative estimate of drug-likeness (QED) is 0.680. The topological polar surface area (TPSA) is 43.8 Å². The molecule has 1 aromatic heterocycles. The molecule has 0 spiro atoms. The van der Waals surface area contributed by atoms with Crippen LogP contribution in [0.4, 0.5) is 10.1 Å². The van der Waals surface area contributed by atoms with Crippen molar-refractivity contribution < 1.29 is 4.39 Å². The number of nitrogen functional groups attached to an aromatic ring is 1. The van der Waals surface area contributed by atoms with Crippen LogP contribution in [-0.4, -0.2) is 9.55 Å². The van der Waals surface area contributed by atoms with Gasteiger partial charge in [0.15, 0.2) is 0 Å². The van der Waals surface area contributed by atoms with Crippen LogP contribution in [0.15, 0.2) is 35.6 Å². The molecule has 0 unspecified atom stereocenters. The van der Waals surface area contributed by atoms with Crippen molar-refractivity contribution in [3.8, 4) is 0 Å². The molecule has 2 aromatic rings. The van der Waals surface area contributed by atoms with Crippen molar-refractivity contribution in [1.29, 1.82) is 0 Å². The van der Waals surface area contributed by atoms with Gasteiger partial charge in [0.1, 0.15) is 5.82 Å². The molecular formula is C13H14FN3S. The lowest BCUT2D eigenvalue weighted by molar-refractivity contribution is 0.627. The number of hydrogen-bond acceptors (Lipinski definition) is 3. The van der Waals surface area contributed by atoms with Crippen LogP contribution in [0.3, 0.4) is 0 Å². The Morgan fingerprint density at radius 3 is 3.00 bits per heavy atom. The number of benzene rings is 1. The van der Waals surface area contributed by atoms with Crippen LogP contribution in [0.1, 0.15) is 24.6 Å². The normalized spacial score (nSPS) is 14.9. The van der Waals surface area contributed by atoms with Crippen molar-refractivity contribution in [1.82, 2.24) is 9.55 Å². The largest absolute Gasteiger partial charge is 0.398 e. The molecular weight excluding hydrogens is 249 g/mol. The average molecular weight is 263 g/mol. The van der Waals surface area contributed by atoms with Gasteiger partial charge in [-0.15, -0.1) is 11.8 Å². The van der Waals surface area contributed by atoms with Crippen LogP contribution in [0.5, 0.6) is 0 Å². The van der Waals surface area contributed by atoms with E-state index >= 15 is 0 Å². The molecule has 1 aliphatic rings. The summed E-state index contributed by atoms with van der Waals surface area (Å²) in [7, 11) is 0. The molecule has 0 saturated heterocycles. The van der Waals surface area contributed by atoms with E-state index in [1.165, 1.54) is 30.7 Å². The zero-order valence-corrected chi connectivity index (χ0v) is 10.7. The van der Waals surface area contributed by atoms with Crippen molar-refractivity contribution in [2.75, 3.05) is 5.73 Å². The van der Waals surface area contributed by atoms with Crippen LogP contribution < -0.4 is 5.73 Å². The first kappa shape index (κ1) is 11.6. The van der Waals surface area contributed by atoms with Gasteiger partial charge < -0.3 is 10.3 Å². The van der Waals surface area contributed by atoms with E-state index < -0.39 is 0 Å². The molecule has 18 heavy (non-hydrogen) atoms. The van der Waals surface area contributed by atoms with E-state index in [1.54, 1.807) is 17.8 Å². The summed E-state index contributed by atoms with van der Waals surface area (Å²) in [5, 5.41) is 0. The van der Waals surface area contributed by atoms with Gasteiger partial charge >= 0.3 is 0 Å². The number of aromatic nitrogens is 2. The highest BCUT2D eigenvalue weighted by molar-refractivity contribution is 7.98. The number of anilines is 1. The molecule has 3 nitrogen and oxygen atoms in total. The number of nitrogens with two attached hydrogens (primary N) is 1. The molecule has 1 heterocycles. The van der Waals surface area contributed by atoms with E-state index in [-0.39, 0.29) is 5.82 Å². The predicted molar refractivity (Wildman–Crippen MR) is 70.9 cm³/mol. The summed E-state index contributed by atoms with van der Waals surface area (Å²) >= 11 is 1.62. The Balaban J connectivity index is 1.71. The second-order valence-electron chi connectivity index (χ2n) is 4.49. The standard InChI is InChI=1S/C13H14FN3S/c14-9-1-4-13(12(15)5-9)18-7-11-6-16-8-17(11)10-2-3-10/h1,4-6,8,10H,2-3,7,15H2. The lowest BCUT2D eigenvalue weighted by Gasteiger charge is -2.08. The molecule has 1 aromatic carbocycles. The van der Waals surface area contributed by atoms with Gasteiger partial charge in [-0.2, -0.15) is 0 Å². The second kappa shape index (κ2) is 4.65. The highest BCUT2D eigenvalue weighted by Crippen LogP contribution is 2.37. The fourth-order valence-corrected chi connectivity index (χ4v) is 2.84. The number of halogens is 1. The number of imidazole rings is 1. The maximum Gasteiger partial charge on any atom is 0.125 e. The van der Waals surface area contributed by atoms with E-state index in [9.17, 15) is 4.39 Å². The van der Waals surface area contributed by atoms with E-state index in [1.807, 2.05) is 12.5 Å². The molecule has 1 saturated carbocycles. The lowest BCUT2D eigenvalue weighted by atomic mass is 10.3. The molecule has 0 aliphatic heterocycles. The zero-order chi connectivity index (χ0) is 12.5. The van der Waals surface area contributed by atoms with Crippen LogP contribution in [0.25, 0.3) is 0 Å². The molecule has 3 rings (SSSR count). The summed E-state index contributed by atoms with van der Waals surface area (Å²) in [5.74, 6) is 0.520. The van der Waals surface area contributed by atoms with Crippen LogP contribution in [0, 0.1) is 5.82 Å². The summed E-state index contributed by atoms with van der Waals surface area (Å²) in [5.41, 5.74) is 7.49. The van der Waals surface area contributed by atoms with E-state index in [2.05, 4.69) is 9.55 Å². The minimum Gasteiger partial charge on any atom is -0.398 e. The van der Waals surface area contributed by atoms with E-state index in [0.29, 0.717) is 11.7 Å². The molecule has 2 N–H and O–H groups in total. The third kappa shape index (κ3) is 2.36. The van der Waals surface area contributed by atoms with Crippen molar-refractivity contribution in [3.05, 3.63) is 42.2 Å². The van der Waals surface area contributed by atoms with Gasteiger partial charge in [-0.25, -0.2) is 9.37 Å². The Kier molecular flexibility index (Phi) is 2.99. The maximum absolute atomic E-state index is 12.9. The zero-order valence-electron chi connectivity index (χ0n) is 9.84. The van der Waals surface area contributed by atoms with Gasteiger partial charge in [-0.3, -0.25) is 0 Å². The molecule has 1 aliphatic carbocycles. The third-order valence-electron chi connectivity index (χ3n) is 3.03. The fourth-order valence-electron chi connectivity index (χ4n) is 1.93. The Morgan fingerprint density at radius 1 is 1.44 bits per heavy atom. The number of rotatable bonds is 4. The van der Waals surface area contributed by atoms with Gasteiger partial charge in [-0.1, -0.05) is 0 Å². The van der Waals surface area contributed by atoms with Crippen LogP contribution in [-0.2, 0) is 5.75 Å². The summed E-state index contributed by atoms with van der Waals surface area (Å²) in [4.78, 5) is 5.11. The van der Waals surface area contributed by atoms with Gasteiger partial charge in [0, 0.05) is 34.3 Å². The molecule has 0 bridgehead atoms. The molecule has 1 fully saturated rings. The molecule has 94 valence electrons. The van der Waals surface area contributed by atoms with Crippen molar-refractivity contribution >= 4 is 17.4 Å². The Bertz CT molecular complexity index is 563. The van der Waals surface area contributed by atoms with Crippen molar-refractivity contribution in [3.63, 3.8) is 0 Å². The first-order valence-electron chi connectivity index (χ1n) is 5.92.